The van der Waals surface area contributed by atoms with Gasteiger partial charge in [0.05, 0.1) is 19.3 Å². The van der Waals surface area contributed by atoms with Gasteiger partial charge >= 0.3 is 0 Å². The van der Waals surface area contributed by atoms with Crippen LogP contribution in [-0.4, -0.2) is 120 Å². The Morgan fingerprint density at radius 3 is 2.35 bits per heavy atom. The van der Waals surface area contributed by atoms with Crippen molar-refractivity contribution in [1.82, 2.24) is 40.3 Å². The Morgan fingerprint density at radius 1 is 0.826 bits per heavy atom. The first-order chi connectivity index (χ1) is 33.6. The van der Waals surface area contributed by atoms with E-state index in [1.54, 1.807) is 42.5 Å². The van der Waals surface area contributed by atoms with Gasteiger partial charge in [0.25, 0.3) is 5.91 Å². The highest BCUT2D eigenvalue weighted by Gasteiger charge is 2.45. The molecule has 3 atom stereocenters. The number of nitrogens with two attached hydrogens (primary N) is 1. The number of unbranched alkanes of at least 4 members (excludes halogenated alkanes) is 5. The lowest BCUT2D eigenvalue weighted by molar-refractivity contribution is -0.139. The quantitative estimate of drug-likeness (QED) is 0.0573. The lowest BCUT2D eigenvalue weighted by Crippen LogP contribution is -2.53. The summed E-state index contributed by atoms with van der Waals surface area (Å²) in [5, 5.41) is 43.9. The molecule has 0 radical (unpaired) electrons. The number of nitrogens with one attached hydrogen (secondary N) is 2. The van der Waals surface area contributed by atoms with Crippen molar-refractivity contribution in [2.75, 3.05) is 60.1 Å². The van der Waals surface area contributed by atoms with Crippen LogP contribution in [0.1, 0.15) is 98.5 Å². The summed E-state index contributed by atoms with van der Waals surface area (Å²) >= 11 is 0. The summed E-state index contributed by atoms with van der Waals surface area (Å²) in [7, 11) is 0. The summed E-state index contributed by atoms with van der Waals surface area (Å²) in [6, 6.07) is 21.6. The first-order valence-corrected chi connectivity index (χ1v) is 24.2. The van der Waals surface area contributed by atoms with Crippen molar-refractivity contribution in [2.24, 2.45) is 0 Å². The Hall–Kier alpha value is -7.28. The number of rotatable bonds is 18. The van der Waals surface area contributed by atoms with Crippen LogP contribution in [-0.2, 0) is 27.5 Å². The number of aliphatic hydroxyl groups excluding tert-OH is 1. The molecule has 9 rings (SSSR count). The second kappa shape index (κ2) is 21.3. The molecule has 69 heavy (non-hydrogen) atoms. The largest absolute Gasteiger partial charge is 0.507 e. The van der Waals surface area contributed by atoms with Gasteiger partial charge in [-0.25, -0.2) is 0 Å². The van der Waals surface area contributed by atoms with Crippen molar-refractivity contribution < 1.29 is 34.1 Å². The minimum absolute atomic E-state index is 0.0830. The fourth-order valence-corrected chi connectivity index (χ4v) is 9.80. The van der Waals surface area contributed by atoms with Gasteiger partial charge in [-0.2, -0.15) is 0 Å². The highest BCUT2D eigenvalue weighted by atomic mass is 16.5. The van der Waals surface area contributed by atoms with Gasteiger partial charge in [-0.1, -0.05) is 49.1 Å². The Labute approximate surface area is 400 Å². The minimum Gasteiger partial charge on any atom is -0.507 e. The molecular formula is C50H60N12O7. The van der Waals surface area contributed by atoms with E-state index in [-0.39, 0.29) is 42.3 Å². The van der Waals surface area contributed by atoms with E-state index in [9.17, 15) is 29.4 Å². The molecule has 6 heterocycles. The number of phenolic OH excluding ortho intramolecular Hbond substituents is 1. The minimum atomic E-state index is -1.33. The van der Waals surface area contributed by atoms with Crippen molar-refractivity contribution in [3.05, 3.63) is 95.8 Å². The lowest BCUT2D eigenvalue weighted by atomic mass is 10.0. The van der Waals surface area contributed by atoms with Crippen LogP contribution in [0.5, 0.6) is 11.5 Å². The molecule has 0 spiro atoms. The van der Waals surface area contributed by atoms with Crippen molar-refractivity contribution in [1.29, 1.82) is 0 Å². The molecule has 5 aromatic rings. The highest BCUT2D eigenvalue weighted by molar-refractivity contribution is 6.06. The predicted octanol–water partition coefficient (Wildman–Crippen LogP) is 5.01. The number of carbonyl (C=O) groups excluding carboxylic acids is 4. The van der Waals surface area contributed by atoms with Crippen LogP contribution in [0.4, 0.5) is 22.9 Å². The van der Waals surface area contributed by atoms with Crippen molar-refractivity contribution in [2.45, 2.75) is 102 Å². The summed E-state index contributed by atoms with van der Waals surface area (Å²) in [4.78, 5) is 58.3. The third kappa shape index (κ3) is 10.9. The van der Waals surface area contributed by atoms with Gasteiger partial charge in [-0.3, -0.25) is 34.1 Å². The van der Waals surface area contributed by atoms with Crippen LogP contribution in [0.2, 0.25) is 0 Å². The van der Waals surface area contributed by atoms with Gasteiger partial charge in [0.1, 0.15) is 29.3 Å². The zero-order valence-corrected chi connectivity index (χ0v) is 38.7. The van der Waals surface area contributed by atoms with Gasteiger partial charge in [0.15, 0.2) is 17.8 Å². The van der Waals surface area contributed by atoms with E-state index in [0.29, 0.717) is 72.1 Å². The normalized spacial score (nSPS) is 19.4. The Balaban J connectivity index is 0.638. The number of aryl methyl sites for hydroxylation is 1. The van der Waals surface area contributed by atoms with E-state index < -0.39 is 24.1 Å². The Kier molecular flexibility index (Phi) is 14.5. The number of carbonyl (C=O) groups is 4. The van der Waals surface area contributed by atoms with E-state index >= 15 is 0 Å². The third-order valence-electron chi connectivity index (χ3n) is 13.6. The molecule has 3 saturated heterocycles. The Morgan fingerprint density at radius 2 is 1.57 bits per heavy atom. The molecule has 4 aliphatic heterocycles. The lowest BCUT2D eigenvalue weighted by Gasteiger charge is -2.37. The number of aliphatic hydroxyl groups is 1. The summed E-state index contributed by atoms with van der Waals surface area (Å²) in [5.41, 5.74) is 11.5. The number of anilines is 4. The average Bonchev–Trinajstić information content (AvgIpc) is 3.93. The summed E-state index contributed by atoms with van der Waals surface area (Å²) in [5.74, 6) is -0.393. The van der Waals surface area contributed by atoms with Gasteiger partial charge in [-0.05, 0) is 80.6 Å². The van der Waals surface area contributed by atoms with Crippen molar-refractivity contribution in [3.63, 3.8) is 0 Å². The highest BCUT2D eigenvalue weighted by Crippen LogP contribution is 2.40. The molecule has 362 valence electrons. The number of aromatic nitrogens is 5. The fraction of sp³-hybridized carbons (Fsp3) is 0.440. The van der Waals surface area contributed by atoms with E-state index in [2.05, 4.69) is 65.2 Å². The zero-order valence-electron chi connectivity index (χ0n) is 38.7. The standard InChI is InChI=1S/C50H60N12O7/c51-47-43(29-40(55-56-47)37-12-6-7-15-42(37)63)69-36-11-10-23-60(32-36)35-19-17-34(18-20-35)58-25-27-59(28-26-58)45(65)16-5-3-1-2-4-8-24-61-31-33(54-57-61)30-52-39-14-9-13-38-46(39)50(68)62(49(38)67)41-21-22-44(64)53-48(41)66/h6-7,9,12-15,17-20,29,31,36,41,50,52,63,68H,1-5,8,10-11,16,21-28,30,32H2,(H2,51,56)(H,53,64,66)/t36-,41?,50?/m1/s1. The molecule has 4 amide bonds. The Bertz CT molecular complexity index is 2630. The number of fused-ring (bicyclic) bond motifs is 1. The molecule has 0 saturated carbocycles. The SMILES string of the molecule is Nc1nnc(-c2ccccc2O)cc1O[C@@H]1CCCN(c2ccc(N3CCN(C(=O)CCCCCCCCn4cc(CNc5cccc6c5C(O)N(C5CCC(=O)NC5=O)C6=O)nn4)CC3)cc2)C1. The maximum atomic E-state index is 13.2. The number of imide groups is 1. The van der Waals surface area contributed by atoms with Gasteiger partial charge in [0, 0.05) is 91.9 Å². The molecule has 19 heteroatoms. The number of hydrogen-bond acceptors (Lipinski definition) is 15. The molecule has 4 aliphatic rings. The number of hydrogen-bond donors (Lipinski definition) is 5. The smallest absolute Gasteiger partial charge is 0.257 e. The summed E-state index contributed by atoms with van der Waals surface area (Å²) in [6.07, 6.45) is 9.23. The predicted molar refractivity (Wildman–Crippen MR) is 258 cm³/mol. The maximum Gasteiger partial charge on any atom is 0.257 e. The van der Waals surface area contributed by atoms with E-state index in [4.69, 9.17) is 10.5 Å². The van der Waals surface area contributed by atoms with Crippen LogP contribution < -0.4 is 30.9 Å². The van der Waals surface area contributed by atoms with E-state index in [1.807, 2.05) is 21.8 Å². The number of ether oxygens (including phenoxy) is 1. The van der Waals surface area contributed by atoms with E-state index in [0.717, 1.165) is 93.8 Å². The number of piperidine rings is 2. The first kappa shape index (κ1) is 46.8. The molecule has 0 aliphatic carbocycles. The number of phenols is 1. The zero-order chi connectivity index (χ0) is 47.9. The molecule has 6 N–H and O–H groups in total. The first-order valence-electron chi connectivity index (χ1n) is 24.2. The molecular weight excluding hydrogens is 881 g/mol. The van der Waals surface area contributed by atoms with Gasteiger partial charge in [0.2, 0.25) is 17.7 Å². The number of piperazine rings is 1. The molecule has 0 bridgehead atoms. The molecule has 19 nitrogen and oxygen atoms in total. The van der Waals surface area contributed by atoms with Crippen molar-refractivity contribution >= 4 is 46.5 Å². The van der Waals surface area contributed by atoms with Crippen molar-refractivity contribution in [3.8, 4) is 22.8 Å². The topological polar surface area (TPSA) is 237 Å². The number of amides is 4. The molecule has 2 aromatic heterocycles. The second-order valence-electron chi connectivity index (χ2n) is 18.2. The van der Waals surface area contributed by atoms with Gasteiger partial charge < -0.3 is 40.7 Å². The van der Waals surface area contributed by atoms with E-state index in [1.165, 1.54) is 0 Å². The molecule has 3 fully saturated rings. The van der Waals surface area contributed by atoms with Crippen LogP contribution in [0.25, 0.3) is 11.3 Å². The third-order valence-corrected chi connectivity index (χ3v) is 13.6. The van der Waals surface area contributed by atoms with Crippen LogP contribution >= 0.6 is 0 Å². The average molecular weight is 941 g/mol. The van der Waals surface area contributed by atoms with Crippen LogP contribution in [0.15, 0.2) is 79.0 Å². The number of nitrogens with zero attached hydrogens (tertiary/aromatic N) is 9. The maximum absolute atomic E-state index is 13.2. The number of para-hydroxylation sites is 1. The van der Waals surface area contributed by atoms with Crippen LogP contribution in [0.3, 0.4) is 0 Å². The fourth-order valence-electron chi connectivity index (χ4n) is 9.80. The monoisotopic (exact) mass is 940 g/mol. The number of aromatic hydroxyl groups is 1. The second-order valence-corrected chi connectivity index (χ2v) is 18.2. The summed E-state index contributed by atoms with van der Waals surface area (Å²) in [6.45, 7) is 5.72. The van der Waals surface area contributed by atoms with Crippen LogP contribution in [0, 0.1) is 0 Å². The molecule has 3 aromatic carbocycles. The number of benzene rings is 3. The summed E-state index contributed by atoms with van der Waals surface area (Å²) < 4.78 is 8.20. The number of nitrogen functional groups attached to an aromatic ring is 1. The molecule has 2 unspecified atom stereocenters. The van der Waals surface area contributed by atoms with Gasteiger partial charge in [-0.15, -0.1) is 15.3 Å².